The van der Waals surface area contributed by atoms with Crippen molar-refractivity contribution < 1.29 is 50.0 Å². The van der Waals surface area contributed by atoms with Gasteiger partial charge in [-0.3, -0.25) is 5.32 Å². The van der Waals surface area contributed by atoms with Crippen LogP contribution in [0.1, 0.15) is 5.69 Å². The van der Waals surface area contributed by atoms with Crippen LogP contribution in [0.3, 0.4) is 0 Å². The lowest BCUT2D eigenvalue weighted by molar-refractivity contribution is -0.631. The number of hydrogen-bond acceptors (Lipinski definition) is 10. The smallest absolute Gasteiger partial charge is 0.481 e. The summed E-state index contributed by atoms with van der Waals surface area (Å²) >= 11 is 0. The predicted octanol–water partition coefficient (Wildman–Crippen LogP) is 0.320. The van der Waals surface area contributed by atoms with Crippen molar-refractivity contribution >= 4 is 28.1 Å². The molecule has 0 fully saturated rings. The molecule has 0 aliphatic heterocycles. The van der Waals surface area contributed by atoms with Crippen LogP contribution in [0.5, 0.6) is 11.8 Å². The molecule has 0 unspecified atom stereocenters. The quantitative estimate of drug-likeness (QED) is 0.462. The van der Waals surface area contributed by atoms with E-state index in [1.807, 2.05) is 5.32 Å². The molecule has 17 heteroatoms. The first kappa shape index (κ1) is 23.5. The van der Waals surface area contributed by atoms with Crippen LogP contribution in [0, 0.1) is 0 Å². The molecule has 0 aliphatic carbocycles. The topological polar surface area (TPSA) is 163 Å². The molecule has 2 amide bonds. The number of ether oxygens (including phenoxy) is 3. The van der Waals surface area contributed by atoms with E-state index in [4.69, 9.17) is 9.47 Å². The number of amides is 2. The Hall–Kier alpha value is -3.76. The van der Waals surface area contributed by atoms with Gasteiger partial charge in [0, 0.05) is 6.07 Å². The number of halogens is 3. The maximum Gasteiger partial charge on any atom is 0.512 e. The number of carbonyl (C=O) groups is 2. The van der Waals surface area contributed by atoms with Crippen molar-refractivity contribution in [2.45, 2.75) is 11.3 Å². The SMILES string of the molecule is COC(=O)[n+]1ccc(C(F)(F)F)nc1S(=O)(=O)NC(=O)Nc1nc(OC)cc(OC)n1. The largest absolute Gasteiger partial charge is 0.512 e. The van der Waals surface area contributed by atoms with E-state index in [-0.39, 0.29) is 16.3 Å². The molecule has 0 bridgehead atoms. The maximum absolute atomic E-state index is 12.9. The van der Waals surface area contributed by atoms with E-state index in [2.05, 4.69) is 19.7 Å². The van der Waals surface area contributed by atoms with Crippen molar-refractivity contribution in [3.63, 3.8) is 0 Å². The summed E-state index contributed by atoms with van der Waals surface area (Å²) in [5.41, 5.74) is -1.63. The zero-order chi connectivity index (χ0) is 23.4. The van der Waals surface area contributed by atoms with E-state index < -0.39 is 45.1 Å². The number of rotatable bonds is 5. The number of alkyl halides is 3. The Kier molecular flexibility index (Phi) is 6.78. The van der Waals surface area contributed by atoms with Crippen LogP contribution < -0.4 is 24.1 Å². The first-order valence-electron chi connectivity index (χ1n) is 7.80. The molecule has 0 radical (unpaired) electrons. The molecule has 0 saturated heterocycles. The van der Waals surface area contributed by atoms with Crippen LogP contribution >= 0.6 is 0 Å². The van der Waals surface area contributed by atoms with Gasteiger partial charge in [-0.05, 0) is 4.98 Å². The van der Waals surface area contributed by atoms with Crippen molar-refractivity contribution in [1.29, 1.82) is 0 Å². The molecule has 0 atom stereocenters. The zero-order valence-corrected chi connectivity index (χ0v) is 16.7. The summed E-state index contributed by atoms with van der Waals surface area (Å²) in [5, 5.41) is 0.487. The molecule has 13 nitrogen and oxygen atoms in total. The Labute approximate surface area is 172 Å². The third-order valence-corrected chi connectivity index (χ3v) is 4.48. The first-order chi connectivity index (χ1) is 14.4. The number of urea groups is 1. The van der Waals surface area contributed by atoms with Crippen LogP contribution in [0.15, 0.2) is 23.5 Å². The van der Waals surface area contributed by atoms with Gasteiger partial charge in [-0.1, -0.05) is 0 Å². The fourth-order valence-corrected chi connectivity index (χ4v) is 2.95. The number of methoxy groups -OCH3 is 3. The molecule has 0 spiro atoms. The number of carbonyl (C=O) groups excluding carboxylic acids is 2. The molecule has 31 heavy (non-hydrogen) atoms. The molecule has 2 aromatic heterocycles. The highest BCUT2D eigenvalue weighted by atomic mass is 32.2. The van der Waals surface area contributed by atoms with Crippen LogP contribution in [0.25, 0.3) is 0 Å². The third kappa shape index (κ3) is 5.65. The lowest BCUT2D eigenvalue weighted by atomic mass is 10.4. The van der Waals surface area contributed by atoms with Crippen LogP contribution in [-0.4, -0.2) is 56.8 Å². The molecule has 2 N–H and O–H groups in total. The van der Waals surface area contributed by atoms with Gasteiger partial charge in [-0.25, -0.2) is 9.52 Å². The molecule has 168 valence electrons. The van der Waals surface area contributed by atoms with Crippen LogP contribution in [0.4, 0.5) is 28.7 Å². The Balaban J connectivity index is 2.39. The fourth-order valence-electron chi connectivity index (χ4n) is 1.95. The lowest BCUT2D eigenvalue weighted by Gasteiger charge is -2.09. The van der Waals surface area contributed by atoms with Gasteiger partial charge in [-0.15, -0.1) is 4.57 Å². The Morgan fingerprint density at radius 2 is 1.65 bits per heavy atom. The number of nitrogens with zero attached hydrogens (tertiary/aromatic N) is 4. The van der Waals surface area contributed by atoms with Crippen molar-refractivity contribution in [3.05, 3.63) is 24.0 Å². The van der Waals surface area contributed by atoms with E-state index in [9.17, 15) is 31.2 Å². The minimum absolute atomic E-state index is 0.0481. The molecule has 2 aromatic rings. The van der Waals surface area contributed by atoms with Crippen molar-refractivity contribution in [2.75, 3.05) is 26.6 Å². The first-order valence-corrected chi connectivity index (χ1v) is 9.28. The summed E-state index contributed by atoms with van der Waals surface area (Å²) in [6.07, 6.45) is -5.93. The maximum atomic E-state index is 12.9. The molecule has 0 saturated carbocycles. The second kappa shape index (κ2) is 8.94. The summed E-state index contributed by atoms with van der Waals surface area (Å²) in [6.45, 7) is 0. The molecule has 0 aliphatic rings. The van der Waals surface area contributed by atoms with Gasteiger partial charge in [0.15, 0.2) is 0 Å². The van der Waals surface area contributed by atoms with Gasteiger partial charge in [0.2, 0.25) is 17.7 Å². The Morgan fingerprint density at radius 3 is 2.13 bits per heavy atom. The van der Waals surface area contributed by atoms with Gasteiger partial charge in [0.1, 0.15) is 6.20 Å². The van der Waals surface area contributed by atoms with E-state index in [1.54, 1.807) is 0 Å². The molecule has 2 heterocycles. The fraction of sp³-hybridized carbons (Fsp3) is 0.286. The highest BCUT2D eigenvalue weighted by Gasteiger charge is 2.43. The summed E-state index contributed by atoms with van der Waals surface area (Å²) in [4.78, 5) is 34.2. The average molecular weight is 467 g/mol. The highest BCUT2D eigenvalue weighted by Crippen LogP contribution is 2.27. The van der Waals surface area contributed by atoms with Crippen LogP contribution in [-0.2, 0) is 20.9 Å². The summed E-state index contributed by atoms with van der Waals surface area (Å²) in [7, 11) is -1.75. The standard InChI is InChI=1S/C14H13F3N6O7S/c1-28-8-6-9(29-2)20-10(19-8)21-11(24)22-31(26,27)12-18-7(14(15,16)17)4-5-23(12)13(25)30-3/h4-6H,1-3H3,(H-,19,20,21,22,24)/p+1. The lowest BCUT2D eigenvalue weighted by Crippen LogP contribution is -2.51. The number of hydrogen-bond donors (Lipinski definition) is 2. The average Bonchev–Trinajstić information content (AvgIpc) is 2.71. The normalized spacial score (nSPS) is 11.4. The Morgan fingerprint density at radius 1 is 1.06 bits per heavy atom. The number of sulfonamides is 1. The third-order valence-electron chi connectivity index (χ3n) is 3.26. The molecular formula is C14H14F3N6O7S+. The second-order valence-corrected chi connectivity index (χ2v) is 6.85. The monoisotopic (exact) mass is 467 g/mol. The van der Waals surface area contributed by atoms with Crippen molar-refractivity contribution in [1.82, 2.24) is 19.7 Å². The second-order valence-electron chi connectivity index (χ2n) is 5.27. The van der Waals surface area contributed by atoms with E-state index in [0.29, 0.717) is 12.3 Å². The van der Waals surface area contributed by atoms with Gasteiger partial charge < -0.3 is 14.2 Å². The van der Waals surface area contributed by atoms with E-state index >= 15 is 0 Å². The number of nitrogens with one attached hydrogen (secondary N) is 2. The van der Waals surface area contributed by atoms with Crippen molar-refractivity contribution in [2.24, 2.45) is 0 Å². The molecular weight excluding hydrogens is 453 g/mol. The molecule has 2 rings (SSSR count). The van der Waals surface area contributed by atoms with Gasteiger partial charge in [0.25, 0.3) is 5.69 Å². The van der Waals surface area contributed by atoms with Crippen LogP contribution in [0.2, 0.25) is 0 Å². The van der Waals surface area contributed by atoms with Gasteiger partial charge in [0.05, 0.1) is 27.4 Å². The summed E-state index contributed by atoms with van der Waals surface area (Å²) < 4.78 is 79.4. The number of anilines is 1. The van der Waals surface area contributed by atoms with Crippen molar-refractivity contribution in [3.8, 4) is 11.8 Å². The molecule has 0 aromatic carbocycles. The number of aromatic nitrogens is 4. The summed E-state index contributed by atoms with van der Waals surface area (Å²) in [6, 6.07) is 0.129. The van der Waals surface area contributed by atoms with E-state index in [1.165, 1.54) is 25.0 Å². The summed E-state index contributed by atoms with van der Waals surface area (Å²) in [5.74, 6) is -0.553. The van der Waals surface area contributed by atoms with Gasteiger partial charge >= 0.3 is 33.5 Å². The highest BCUT2D eigenvalue weighted by molar-refractivity contribution is 7.89. The zero-order valence-electron chi connectivity index (χ0n) is 15.9. The van der Waals surface area contributed by atoms with E-state index in [0.717, 1.165) is 7.11 Å². The Bertz CT molecular complexity index is 1090. The van der Waals surface area contributed by atoms with Gasteiger partial charge in [-0.2, -0.15) is 36.4 Å². The minimum atomic E-state index is -5.11. The minimum Gasteiger partial charge on any atom is -0.481 e. The predicted molar refractivity (Wildman–Crippen MR) is 91.7 cm³/mol.